The van der Waals surface area contributed by atoms with Gasteiger partial charge in [-0.2, -0.15) is 5.21 Å². The lowest BCUT2D eigenvalue weighted by Crippen LogP contribution is -2.20. The molecule has 0 bridgehead atoms. The van der Waals surface area contributed by atoms with E-state index in [2.05, 4.69) is 76.9 Å². The van der Waals surface area contributed by atoms with Crippen molar-refractivity contribution in [1.29, 1.82) is 0 Å². The van der Waals surface area contributed by atoms with Crippen LogP contribution in [0.5, 0.6) is 0 Å². The quantitative estimate of drug-likeness (QED) is 0.279. The topological polar surface area (TPSA) is 115 Å². The Morgan fingerprint density at radius 3 is 2.39 bits per heavy atom. The molecule has 2 heterocycles. The molecule has 0 fully saturated rings. The molecule has 3 N–H and O–H groups in total. The van der Waals surface area contributed by atoms with Gasteiger partial charge in [-0.15, -0.1) is 10.2 Å². The van der Waals surface area contributed by atoms with Crippen LogP contribution < -0.4 is 5.73 Å². The Bertz CT molecular complexity index is 1570. The number of aromatic amines is 1. The Balaban J connectivity index is 1.58. The van der Waals surface area contributed by atoms with Gasteiger partial charge in [0, 0.05) is 18.5 Å². The third-order valence-corrected chi connectivity index (χ3v) is 6.80. The number of nitrogens with two attached hydrogens (primary N) is 1. The summed E-state index contributed by atoms with van der Waals surface area (Å²) >= 11 is 0. The molecule has 5 aromatic rings. The van der Waals surface area contributed by atoms with E-state index in [0.29, 0.717) is 24.5 Å². The molecule has 0 aliphatic heterocycles. The number of aromatic nitrogens is 6. The van der Waals surface area contributed by atoms with Crippen LogP contribution >= 0.6 is 0 Å². The summed E-state index contributed by atoms with van der Waals surface area (Å²) in [7, 11) is 0. The number of primary amides is 1. The third-order valence-electron chi connectivity index (χ3n) is 6.80. The summed E-state index contributed by atoms with van der Waals surface area (Å²) in [6.45, 7) is 6.74. The molecular weight excluding hydrogens is 474 g/mol. The number of rotatable bonds is 9. The van der Waals surface area contributed by atoms with E-state index < -0.39 is 5.91 Å². The van der Waals surface area contributed by atoms with E-state index >= 15 is 0 Å². The van der Waals surface area contributed by atoms with Gasteiger partial charge in [-0.1, -0.05) is 68.4 Å². The molecular formula is C30H31N7O. The van der Waals surface area contributed by atoms with E-state index in [-0.39, 0.29) is 0 Å². The number of tetrazole rings is 1. The van der Waals surface area contributed by atoms with Crippen molar-refractivity contribution in [3.05, 3.63) is 95.1 Å². The van der Waals surface area contributed by atoms with Gasteiger partial charge in [-0.3, -0.25) is 4.79 Å². The molecule has 5 rings (SSSR count). The van der Waals surface area contributed by atoms with Crippen molar-refractivity contribution in [3.63, 3.8) is 0 Å². The first-order valence-electron chi connectivity index (χ1n) is 12.9. The highest BCUT2D eigenvalue weighted by atomic mass is 16.1. The second-order valence-electron chi connectivity index (χ2n) is 9.39. The lowest BCUT2D eigenvalue weighted by Gasteiger charge is -2.15. The maximum Gasteiger partial charge on any atom is 0.267 e. The van der Waals surface area contributed by atoms with Crippen LogP contribution in [0.25, 0.3) is 33.6 Å². The summed E-state index contributed by atoms with van der Waals surface area (Å²) in [6.07, 6.45) is 2.39. The monoisotopic (exact) mass is 505 g/mol. The fourth-order valence-electron chi connectivity index (χ4n) is 5.02. The minimum atomic E-state index is -0.437. The van der Waals surface area contributed by atoms with E-state index in [4.69, 9.17) is 10.7 Å². The minimum absolute atomic E-state index is 0.437. The zero-order valence-electron chi connectivity index (χ0n) is 21.9. The smallest absolute Gasteiger partial charge is 0.267 e. The lowest BCUT2D eigenvalue weighted by atomic mass is 9.91. The van der Waals surface area contributed by atoms with Crippen molar-refractivity contribution in [2.75, 3.05) is 0 Å². The van der Waals surface area contributed by atoms with Crippen LogP contribution in [-0.2, 0) is 19.4 Å². The molecule has 0 radical (unpaired) electrons. The Morgan fingerprint density at radius 1 is 0.947 bits per heavy atom. The molecule has 0 atom stereocenters. The summed E-state index contributed by atoms with van der Waals surface area (Å²) in [5, 5.41) is 14.8. The normalized spacial score (nSPS) is 11.1. The maximum absolute atomic E-state index is 12.4. The SMILES string of the molecule is CCCc1nc(CC)c(C(N)=O)n1Cc1ccc(-c2cc(-c3ccccc3)ccc2-c2nn[nH]n2)c(C)c1. The second kappa shape index (κ2) is 10.8. The fourth-order valence-corrected chi connectivity index (χ4v) is 5.02. The predicted molar refractivity (Wildman–Crippen MR) is 148 cm³/mol. The molecule has 8 nitrogen and oxygen atoms in total. The summed E-state index contributed by atoms with van der Waals surface area (Å²) < 4.78 is 1.99. The number of nitrogens with one attached hydrogen (secondary N) is 1. The molecule has 0 spiro atoms. The Labute approximate surface area is 221 Å². The van der Waals surface area contributed by atoms with Gasteiger partial charge >= 0.3 is 0 Å². The minimum Gasteiger partial charge on any atom is -0.364 e. The van der Waals surface area contributed by atoms with Gasteiger partial charge in [-0.25, -0.2) is 4.98 Å². The third kappa shape index (κ3) is 4.85. The van der Waals surface area contributed by atoms with Crippen molar-refractivity contribution in [2.24, 2.45) is 5.73 Å². The summed E-state index contributed by atoms with van der Waals surface area (Å²) in [6, 6.07) is 23.0. The van der Waals surface area contributed by atoms with Crippen LogP contribution in [0.1, 0.15) is 53.4 Å². The average Bonchev–Trinajstić information content (AvgIpc) is 3.58. The highest BCUT2D eigenvalue weighted by molar-refractivity contribution is 5.92. The summed E-state index contributed by atoms with van der Waals surface area (Å²) in [4.78, 5) is 17.1. The van der Waals surface area contributed by atoms with Gasteiger partial charge in [0.25, 0.3) is 5.91 Å². The molecule has 0 unspecified atom stereocenters. The number of H-pyrrole nitrogens is 1. The molecule has 0 saturated carbocycles. The summed E-state index contributed by atoms with van der Waals surface area (Å²) in [5.74, 6) is 1.01. The van der Waals surface area contributed by atoms with E-state index in [1.807, 2.05) is 35.8 Å². The fraction of sp³-hybridized carbons (Fsp3) is 0.233. The highest BCUT2D eigenvalue weighted by Crippen LogP contribution is 2.36. The molecule has 0 saturated heterocycles. The predicted octanol–water partition coefficient (Wildman–Crippen LogP) is 5.37. The zero-order valence-corrected chi connectivity index (χ0v) is 21.9. The number of imidazole rings is 1. The highest BCUT2D eigenvalue weighted by Gasteiger charge is 2.21. The second-order valence-corrected chi connectivity index (χ2v) is 9.39. The van der Waals surface area contributed by atoms with Crippen LogP contribution in [0.4, 0.5) is 0 Å². The molecule has 0 aliphatic carbocycles. The molecule has 0 aliphatic rings. The number of hydrogen-bond donors (Lipinski definition) is 2. The summed E-state index contributed by atoms with van der Waals surface area (Å²) in [5.41, 5.74) is 14.5. The van der Waals surface area contributed by atoms with Crippen molar-refractivity contribution in [2.45, 2.75) is 46.6 Å². The number of benzene rings is 3. The van der Waals surface area contributed by atoms with E-state index in [1.165, 1.54) is 0 Å². The van der Waals surface area contributed by atoms with E-state index in [1.54, 1.807) is 0 Å². The Hall–Kier alpha value is -4.59. The van der Waals surface area contributed by atoms with E-state index in [0.717, 1.165) is 63.3 Å². The van der Waals surface area contributed by atoms with E-state index in [9.17, 15) is 4.79 Å². The maximum atomic E-state index is 12.4. The molecule has 1 amide bonds. The van der Waals surface area contributed by atoms with Gasteiger partial charge in [0.15, 0.2) is 0 Å². The van der Waals surface area contributed by atoms with Gasteiger partial charge in [0.2, 0.25) is 5.82 Å². The van der Waals surface area contributed by atoms with Gasteiger partial charge in [0.1, 0.15) is 11.5 Å². The van der Waals surface area contributed by atoms with Crippen molar-refractivity contribution in [3.8, 4) is 33.6 Å². The number of aryl methyl sites for hydroxylation is 3. The van der Waals surface area contributed by atoms with Crippen LogP contribution in [0.2, 0.25) is 0 Å². The molecule has 38 heavy (non-hydrogen) atoms. The first-order chi connectivity index (χ1) is 18.5. The zero-order chi connectivity index (χ0) is 26.6. The largest absolute Gasteiger partial charge is 0.364 e. The van der Waals surface area contributed by atoms with Gasteiger partial charge in [0.05, 0.1) is 5.69 Å². The number of carbonyl (C=O) groups excluding carboxylic acids is 1. The molecule has 3 aromatic carbocycles. The van der Waals surface area contributed by atoms with Crippen LogP contribution in [0.3, 0.4) is 0 Å². The van der Waals surface area contributed by atoms with Crippen LogP contribution in [0.15, 0.2) is 66.7 Å². The number of amides is 1. The number of nitrogens with zero attached hydrogens (tertiary/aromatic N) is 5. The Kier molecular flexibility index (Phi) is 7.13. The first kappa shape index (κ1) is 25.1. The average molecular weight is 506 g/mol. The number of hydrogen-bond acceptors (Lipinski definition) is 5. The van der Waals surface area contributed by atoms with Crippen LogP contribution in [0, 0.1) is 6.92 Å². The lowest BCUT2D eigenvalue weighted by molar-refractivity contribution is 0.0990. The molecule has 192 valence electrons. The van der Waals surface area contributed by atoms with Crippen molar-refractivity contribution >= 4 is 5.91 Å². The number of carbonyl (C=O) groups is 1. The first-order valence-corrected chi connectivity index (χ1v) is 12.9. The van der Waals surface area contributed by atoms with Crippen LogP contribution in [-0.4, -0.2) is 36.1 Å². The van der Waals surface area contributed by atoms with Crippen molar-refractivity contribution < 1.29 is 4.79 Å². The molecule has 2 aromatic heterocycles. The van der Waals surface area contributed by atoms with Crippen molar-refractivity contribution in [1.82, 2.24) is 30.2 Å². The standard InChI is InChI=1S/C30H31N7O/c1-4-9-27-32-26(5-2)28(29(31)38)37(27)18-20-12-14-23(19(3)16-20)25-17-22(21-10-7-6-8-11-21)13-15-24(25)30-33-35-36-34-30/h6-8,10-17H,4-5,9,18H2,1-3H3,(H2,31,38)(H,33,34,35,36). The Morgan fingerprint density at radius 2 is 1.74 bits per heavy atom. The van der Waals surface area contributed by atoms with Gasteiger partial charge < -0.3 is 10.3 Å². The van der Waals surface area contributed by atoms with Gasteiger partial charge in [-0.05, 0) is 70.5 Å². The molecule has 8 heteroatoms.